The van der Waals surface area contributed by atoms with E-state index in [2.05, 4.69) is 106 Å². The van der Waals surface area contributed by atoms with Crippen LogP contribution in [0.3, 0.4) is 0 Å². The third-order valence-corrected chi connectivity index (χ3v) is 13.4. The highest BCUT2D eigenvalue weighted by atomic mass is 16.6. The molecule has 0 aliphatic rings. The van der Waals surface area contributed by atoms with Gasteiger partial charge in [-0.3, -0.25) is 14.4 Å². The van der Waals surface area contributed by atoms with Crippen molar-refractivity contribution in [1.82, 2.24) is 0 Å². The zero-order chi connectivity index (χ0) is 52.9. The average molecular weight is 1020 g/mol. The predicted molar refractivity (Wildman–Crippen MR) is 316 cm³/mol. The van der Waals surface area contributed by atoms with Crippen LogP contribution >= 0.6 is 0 Å². The number of hydrogen-bond donors (Lipinski definition) is 0. The van der Waals surface area contributed by atoms with Crippen LogP contribution in [-0.2, 0) is 28.6 Å². The molecule has 0 radical (unpaired) electrons. The van der Waals surface area contributed by atoms with E-state index in [1.54, 1.807) is 0 Å². The summed E-state index contributed by atoms with van der Waals surface area (Å²) in [7, 11) is 0. The first kappa shape index (κ1) is 69.6. The molecule has 73 heavy (non-hydrogen) atoms. The van der Waals surface area contributed by atoms with Crippen LogP contribution in [0.2, 0.25) is 0 Å². The minimum atomic E-state index is -0.799. The first-order chi connectivity index (χ1) is 36.0. The van der Waals surface area contributed by atoms with Crippen molar-refractivity contribution in [3.05, 3.63) is 85.1 Å². The summed E-state index contributed by atoms with van der Waals surface area (Å²) >= 11 is 0. The summed E-state index contributed by atoms with van der Waals surface area (Å²) in [6.45, 7) is 6.50. The largest absolute Gasteiger partial charge is 0.462 e. The third-order valence-electron chi connectivity index (χ3n) is 13.4. The Morgan fingerprint density at radius 2 is 0.534 bits per heavy atom. The van der Waals surface area contributed by atoms with Gasteiger partial charge in [0.15, 0.2) is 6.10 Å². The van der Waals surface area contributed by atoms with E-state index in [4.69, 9.17) is 14.2 Å². The Morgan fingerprint density at radius 3 is 0.863 bits per heavy atom. The van der Waals surface area contributed by atoms with E-state index in [0.717, 1.165) is 103 Å². The summed E-state index contributed by atoms with van der Waals surface area (Å²) in [5.74, 6) is -0.937. The van der Waals surface area contributed by atoms with Crippen molar-refractivity contribution < 1.29 is 28.6 Å². The van der Waals surface area contributed by atoms with Crippen molar-refractivity contribution in [1.29, 1.82) is 0 Å². The lowest BCUT2D eigenvalue weighted by atomic mass is 10.0. The molecule has 0 fully saturated rings. The number of rotatable bonds is 56. The summed E-state index contributed by atoms with van der Waals surface area (Å²) in [5.41, 5.74) is 0. The summed E-state index contributed by atoms with van der Waals surface area (Å²) in [6.07, 6.45) is 80.1. The van der Waals surface area contributed by atoms with Gasteiger partial charge in [-0.15, -0.1) is 0 Å². The Kier molecular flexibility index (Phi) is 58.3. The van der Waals surface area contributed by atoms with E-state index in [-0.39, 0.29) is 31.1 Å². The van der Waals surface area contributed by atoms with Crippen LogP contribution < -0.4 is 0 Å². The molecule has 0 saturated carbocycles. The maximum absolute atomic E-state index is 12.9. The highest BCUT2D eigenvalue weighted by Gasteiger charge is 2.19. The van der Waals surface area contributed by atoms with Gasteiger partial charge < -0.3 is 14.2 Å². The van der Waals surface area contributed by atoms with E-state index in [1.165, 1.54) is 161 Å². The lowest BCUT2D eigenvalue weighted by molar-refractivity contribution is -0.167. The van der Waals surface area contributed by atoms with E-state index >= 15 is 0 Å². The molecule has 0 spiro atoms. The molecule has 420 valence electrons. The smallest absolute Gasteiger partial charge is 0.306 e. The molecule has 0 aromatic rings. The van der Waals surface area contributed by atoms with Crippen LogP contribution in [0.15, 0.2) is 85.1 Å². The number of allylic oxidation sites excluding steroid dienone is 14. The number of carbonyl (C=O) groups is 3. The van der Waals surface area contributed by atoms with Gasteiger partial charge in [-0.1, -0.05) is 273 Å². The Morgan fingerprint density at radius 1 is 0.288 bits per heavy atom. The van der Waals surface area contributed by atoms with Crippen molar-refractivity contribution in [3.8, 4) is 0 Å². The second-order valence-corrected chi connectivity index (χ2v) is 20.6. The van der Waals surface area contributed by atoms with Gasteiger partial charge >= 0.3 is 17.9 Å². The Labute approximate surface area is 452 Å². The van der Waals surface area contributed by atoms with Crippen LogP contribution in [-0.4, -0.2) is 37.2 Å². The normalized spacial score (nSPS) is 12.6. The zero-order valence-electron chi connectivity index (χ0n) is 48.1. The second kappa shape index (κ2) is 61.1. The van der Waals surface area contributed by atoms with Gasteiger partial charge in [-0.05, 0) is 96.3 Å². The van der Waals surface area contributed by atoms with Crippen molar-refractivity contribution in [3.63, 3.8) is 0 Å². The molecule has 0 saturated heterocycles. The molecule has 0 aromatic heterocycles. The van der Waals surface area contributed by atoms with Gasteiger partial charge in [0.1, 0.15) is 13.2 Å². The Balaban J connectivity index is 4.42. The molecule has 0 aromatic carbocycles. The van der Waals surface area contributed by atoms with E-state index < -0.39 is 6.10 Å². The van der Waals surface area contributed by atoms with E-state index in [9.17, 15) is 14.4 Å². The first-order valence-electron chi connectivity index (χ1n) is 31.1. The molecular formula is C67H116O6. The molecule has 0 N–H and O–H groups in total. The van der Waals surface area contributed by atoms with Gasteiger partial charge in [-0.25, -0.2) is 0 Å². The lowest BCUT2D eigenvalue weighted by Crippen LogP contribution is -2.30. The van der Waals surface area contributed by atoms with E-state index in [1.807, 2.05) is 0 Å². The van der Waals surface area contributed by atoms with Crippen LogP contribution in [0.4, 0.5) is 0 Å². The first-order valence-corrected chi connectivity index (χ1v) is 31.1. The minimum Gasteiger partial charge on any atom is -0.462 e. The number of unbranched alkanes of at least 4 members (excludes halogenated alkanes) is 31. The molecular weight excluding hydrogens is 901 g/mol. The molecule has 0 aliphatic heterocycles. The van der Waals surface area contributed by atoms with Gasteiger partial charge in [0, 0.05) is 19.3 Å². The van der Waals surface area contributed by atoms with Crippen LogP contribution in [0, 0.1) is 0 Å². The second-order valence-electron chi connectivity index (χ2n) is 20.6. The van der Waals surface area contributed by atoms with Gasteiger partial charge in [0.2, 0.25) is 0 Å². The highest BCUT2D eigenvalue weighted by Crippen LogP contribution is 2.16. The van der Waals surface area contributed by atoms with Gasteiger partial charge in [0.25, 0.3) is 0 Å². The van der Waals surface area contributed by atoms with Crippen molar-refractivity contribution in [2.75, 3.05) is 13.2 Å². The lowest BCUT2D eigenvalue weighted by Gasteiger charge is -2.18. The summed E-state index contributed by atoms with van der Waals surface area (Å²) in [4.78, 5) is 38.3. The zero-order valence-corrected chi connectivity index (χ0v) is 48.1. The Bertz CT molecular complexity index is 1400. The van der Waals surface area contributed by atoms with Crippen LogP contribution in [0.1, 0.15) is 303 Å². The third kappa shape index (κ3) is 59.3. The summed E-state index contributed by atoms with van der Waals surface area (Å²) in [5, 5.41) is 0. The number of hydrogen-bond acceptors (Lipinski definition) is 6. The van der Waals surface area contributed by atoms with E-state index in [0.29, 0.717) is 19.3 Å². The van der Waals surface area contributed by atoms with Gasteiger partial charge in [0.05, 0.1) is 0 Å². The maximum Gasteiger partial charge on any atom is 0.306 e. The molecule has 6 nitrogen and oxygen atoms in total. The molecule has 1 unspecified atom stereocenters. The molecule has 1 atom stereocenters. The van der Waals surface area contributed by atoms with Crippen LogP contribution in [0.5, 0.6) is 0 Å². The quantitative estimate of drug-likeness (QED) is 0.0261. The molecule has 0 heterocycles. The number of esters is 3. The van der Waals surface area contributed by atoms with Gasteiger partial charge in [-0.2, -0.15) is 0 Å². The molecule has 0 rings (SSSR count). The SMILES string of the molecule is CC/C=C\C/C=C\C/C=C\C/C=C\CCCCC(=O)OCC(COC(=O)CCCCCCCC/C=C\C/C=C\C/C=C\CCCCCCC)OC(=O)CCCCCCCCCCCCCCCCCCCCC. The Hall–Kier alpha value is -3.41. The molecule has 0 amide bonds. The topological polar surface area (TPSA) is 78.9 Å². The van der Waals surface area contributed by atoms with Crippen LogP contribution in [0.25, 0.3) is 0 Å². The number of carbonyl (C=O) groups excluding carboxylic acids is 3. The molecule has 6 heteroatoms. The fourth-order valence-corrected chi connectivity index (χ4v) is 8.74. The van der Waals surface area contributed by atoms with Crippen molar-refractivity contribution >= 4 is 17.9 Å². The fourth-order valence-electron chi connectivity index (χ4n) is 8.74. The molecule has 0 aliphatic carbocycles. The average Bonchev–Trinajstić information content (AvgIpc) is 3.39. The standard InChI is InChI=1S/C67H116O6/c1-4-7-10-13-16-19-22-25-28-30-32-33-35-36-39-42-45-48-51-54-57-60-66(69)72-63-64(62-71-65(68)59-56-53-50-47-44-41-38-27-24-21-18-15-12-9-6-3)73-67(70)61-58-55-52-49-46-43-40-37-34-31-29-26-23-20-17-14-11-8-5-2/h9,12,18,21-22,25,27,30,32,35-36,38,44,47,64H,4-8,10-11,13-17,19-20,23-24,26,28-29,31,33-34,37,39-43,45-46,48-63H2,1-3H3/b12-9-,21-18-,25-22-,32-30-,36-35-,38-27-,47-44-. The number of ether oxygens (including phenoxy) is 3. The fraction of sp³-hybridized carbons (Fsp3) is 0.746. The maximum atomic E-state index is 12.9. The highest BCUT2D eigenvalue weighted by molar-refractivity contribution is 5.71. The summed E-state index contributed by atoms with van der Waals surface area (Å²) in [6, 6.07) is 0. The van der Waals surface area contributed by atoms with Crippen molar-refractivity contribution in [2.24, 2.45) is 0 Å². The summed E-state index contributed by atoms with van der Waals surface area (Å²) < 4.78 is 16.9. The van der Waals surface area contributed by atoms with Crippen molar-refractivity contribution in [2.45, 2.75) is 309 Å². The molecule has 0 bridgehead atoms. The monoisotopic (exact) mass is 1020 g/mol. The minimum absolute atomic E-state index is 0.0948. The predicted octanol–water partition coefficient (Wildman–Crippen LogP) is 21.1.